The summed E-state index contributed by atoms with van der Waals surface area (Å²) in [6, 6.07) is 0. The van der Waals surface area contributed by atoms with Crippen molar-refractivity contribution >= 4 is 33.9 Å². The van der Waals surface area contributed by atoms with E-state index in [1.54, 1.807) is 24.3 Å². The smallest absolute Gasteiger partial charge is 0.302 e. The third-order valence-corrected chi connectivity index (χ3v) is 3.38. The van der Waals surface area contributed by atoms with Gasteiger partial charge in [0.15, 0.2) is 5.15 Å². The van der Waals surface area contributed by atoms with Crippen LogP contribution in [0.3, 0.4) is 0 Å². The van der Waals surface area contributed by atoms with Crippen LogP contribution in [0.2, 0.25) is 5.15 Å². The summed E-state index contributed by atoms with van der Waals surface area (Å²) in [5.74, 6) is 0. The number of fused-ring (bicyclic) bond motifs is 2. The van der Waals surface area contributed by atoms with Gasteiger partial charge in [-0.3, -0.25) is 4.79 Å². The summed E-state index contributed by atoms with van der Waals surface area (Å²) in [7, 11) is 3.67. The Hall–Kier alpha value is -2.81. The van der Waals surface area contributed by atoms with Crippen molar-refractivity contribution in [2.45, 2.75) is 0 Å². The Morgan fingerprint density at radius 1 is 0.955 bits per heavy atom. The molecule has 0 unspecified atom stereocenters. The summed E-state index contributed by atoms with van der Waals surface area (Å²) in [6.07, 6.45) is 6.28. The van der Waals surface area contributed by atoms with Gasteiger partial charge in [-0.15, -0.1) is 0 Å². The third kappa shape index (κ3) is 2.42. The lowest BCUT2D eigenvalue weighted by Gasteiger charge is -1.87. The van der Waals surface area contributed by atoms with Gasteiger partial charge < -0.3 is 4.98 Å². The molecule has 0 radical (unpaired) electrons. The van der Waals surface area contributed by atoms with E-state index in [4.69, 9.17) is 11.6 Å². The van der Waals surface area contributed by atoms with Gasteiger partial charge in [0.25, 0.3) is 16.8 Å². The van der Waals surface area contributed by atoms with Gasteiger partial charge in [-0.1, -0.05) is 11.6 Å². The predicted octanol–water partition coefficient (Wildman–Crippen LogP) is -0.489. The maximum absolute atomic E-state index is 11.1. The zero-order chi connectivity index (χ0) is 15.7. The monoisotopic (exact) mass is 320 g/mol. The van der Waals surface area contributed by atoms with Gasteiger partial charge >= 0.3 is 5.56 Å². The molecule has 4 aromatic heterocycles. The first kappa shape index (κ1) is 14.1. The van der Waals surface area contributed by atoms with Crippen molar-refractivity contribution in [3.8, 4) is 0 Å². The van der Waals surface area contributed by atoms with E-state index in [2.05, 4.69) is 29.9 Å². The normalized spacial score (nSPS) is 10.7. The minimum Gasteiger partial charge on any atom is -0.309 e. The van der Waals surface area contributed by atoms with Crippen LogP contribution in [0.15, 0.2) is 30.1 Å². The maximum Gasteiger partial charge on any atom is 0.302 e. The Morgan fingerprint density at radius 3 is 2.23 bits per heavy atom. The number of halogens is 1. The molecule has 0 atom stereocenters. The zero-order valence-corrected chi connectivity index (χ0v) is 12.6. The highest BCUT2D eigenvalue weighted by molar-refractivity contribution is 6.33. The molecule has 0 aromatic carbocycles. The molecular formula is C12H13ClN8O+2. The van der Waals surface area contributed by atoms with E-state index in [0.717, 1.165) is 11.2 Å². The second kappa shape index (κ2) is 5.53. The second-order valence-electron chi connectivity index (χ2n) is 4.56. The van der Waals surface area contributed by atoms with Crippen molar-refractivity contribution in [2.24, 2.45) is 14.1 Å². The quantitative estimate of drug-likeness (QED) is 0.300. The van der Waals surface area contributed by atoms with E-state index in [0.29, 0.717) is 16.3 Å². The summed E-state index contributed by atoms with van der Waals surface area (Å²) in [5, 5.41) is 0.471. The molecule has 0 aliphatic carbocycles. The van der Waals surface area contributed by atoms with E-state index in [1.807, 2.05) is 11.6 Å². The average Bonchev–Trinajstić information content (AvgIpc) is 3.06. The van der Waals surface area contributed by atoms with Gasteiger partial charge in [0.2, 0.25) is 18.2 Å². The van der Waals surface area contributed by atoms with Gasteiger partial charge in [0.1, 0.15) is 6.33 Å². The first-order chi connectivity index (χ1) is 10.6. The zero-order valence-electron chi connectivity index (χ0n) is 11.8. The molecule has 0 aliphatic heterocycles. The number of H-pyrrole nitrogens is 3. The third-order valence-electron chi connectivity index (χ3n) is 3.10. The van der Waals surface area contributed by atoms with Crippen LogP contribution < -0.4 is 14.7 Å². The Kier molecular flexibility index (Phi) is 3.55. The summed E-state index contributed by atoms with van der Waals surface area (Å²) >= 11 is 5.81. The molecule has 9 nitrogen and oxygen atoms in total. The molecule has 4 rings (SSSR count). The summed E-state index contributed by atoms with van der Waals surface area (Å²) in [6.45, 7) is 0. The lowest BCUT2D eigenvalue weighted by Crippen LogP contribution is -2.30. The van der Waals surface area contributed by atoms with Crippen LogP contribution in [0.5, 0.6) is 0 Å². The summed E-state index contributed by atoms with van der Waals surface area (Å²) < 4.78 is 3.54. The number of aromatic nitrogens is 8. The second-order valence-corrected chi connectivity index (χ2v) is 4.92. The Bertz CT molecular complexity index is 1000. The average molecular weight is 321 g/mol. The summed E-state index contributed by atoms with van der Waals surface area (Å²) in [5.41, 5.74) is 2.63. The standard InChI is InChI=1S/C6H5ClN4.C6H6N4O/c1-11-3-10-6-4(11)5(7)8-2-9-6;1-10-3-9-5-4(10)6(11)8-2-7-5/h2-3H,1H3;2-3H,1H3,(H,7,8,11)/p+2. The number of imidazole rings is 2. The lowest BCUT2D eigenvalue weighted by atomic mass is 10.5. The van der Waals surface area contributed by atoms with Crippen LogP contribution in [-0.4, -0.2) is 29.9 Å². The molecule has 112 valence electrons. The van der Waals surface area contributed by atoms with Crippen LogP contribution in [0, 0.1) is 0 Å². The lowest BCUT2D eigenvalue weighted by molar-refractivity contribution is -0.645. The van der Waals surface area contributed by atoms with Crippen molar-refractivity contribution < 1.29 is 9.13 Å². The van der Waals surface area contributed by atoms with E-state index in [-0.39, 0.29) is 5.56 Å². The molecule has 4 heterocycles. The van der Waals surface area contributed by atoms with Crippen molar-refractivity contribution in [3.63, 3.8) is 0 Å². The Labute approximate surface area is 128 Å². The molecule has 0 fully saturated rings. The van der Waals surface area contributed by atoms with Crippen LogP contribution in [0.4, 0.5) is 0 Å². The number of rotatable bonds is 0. The molecule has 10 heteroatoms. The number of nitrogens with zero attached hydrogens (tertiary/aromatic N) is 5. The number of aryl methyl sites for hydroxylation is 2. The SMILES string of the molecule is C[n+]1c[nH]c2nc[nH]c(=O)c21.C[n+]1c[nH]c2ncnc(Cl)c21. The maximum atomic E-state index is 11.1. The molecule has 0 saturated carbocycles. The number of aromatic amines is 3. The highest BCUT2D eigenvalue weighted by Gasteiger charge is 2.11. The highest BCUT2D eigenvalue weighted by atomic mass is 35.5. The predicted molar refractivity (Wildman–Crippen MR) is 78.0 cm³/mol. The van der Waals surface area contributed by atoms with Crippen molar-refractivity contribution in [3.05, 3.63) is 40.8 Å². The molecule has 22 heavy (non-hydrogen) atoms. The number of hydrogen-bond donors (Lipinski definition) is 3. The van der Waals surface area contributed by atoms with E-state index >= 15 is 0 Å². The molecule has 3 N–H and O–H groups in total. The van der Waals surface area contributed by atoms with Crippen molar-refractivity contribution in [1.82, 2.24) is 29.9 Å². The van der Waals surface area contributed by atoms with E-state index < -0.39 is 0 Å². The molecule has 4 aromatic rings. The van der Waals surface area contributed by atoms with Crippen LogP contribution in [0.1, 0.15) is 0 Å². The fourth-order valence-electron chi connectivity index (χ4n) is 2.05. The molecule has 0 spiro atoms. The Morgan fingerprint density at radius 2 is 1.59 bits per heavy atom. The topological polar surface area (TPSA) is 111 Å². The van der Waals surface area contributed by atoms with E-state index in [9.17, 15) is 4.79 Å². The molecule has 0 saturated heterocycles. The molecule has 0 bridgehead atoms. The first-order valence-electron chi connectivity index (χ1n) is 6.31. The van der Waals surface area contributed by atoms with Gasteiger partial charge in [-0.25, -0.2) is 24.1 Å². The van der Waals surface area contributed by atoms with Gasteiger partial charge in [-0.05, 0) is 0 Å². The minimum absolute atomic E-state index is 0.126. The minimum atomic E-state index is -0.126. The van der Waals surface area contributed by atoms with Gasteiger partial charge in [-0.2, -0.15) is 9.97 Å². The fourth-order valence-corrected chi connectivity index (χ4v) is 2.31. The Balaban J connectivity index is 0.000000131. The van der Waals surface area contributed by atoms with Crippen LogP contribution in [0.25, 0.3) is 22.3 Å². The van der Waals surface area contributed by atoms with Crippen LogP contribution >= 0.6 is 11.6 Å². The molecular weight excluding hydrogens is 308 g/mol. The largest absolute Gasteiger partial charge is 0.309 e. The van der Waals surface area contributed by atoms with Gasteiger partial charge in [0.05, 0.1) is 20.4 Å². The van der Waals surface area contributed by atoms with E-state index in [1.165, 1.54) is 12.7 Å². The van der Waals surface area contributed by atoms with Gasteiger partial charge in [0, 0.05) is 0 Å². The summed E-state index contributed by atoms with van der Waals surface area (Å²) in [4.78, 5) is 31.2. The number of hydrogen-bond acceptors (Lipinski definition) is 4. The van der Waals surface area contributed by atoms with Crippen molar-refractivity contribution in [2.75, 3.05) is 0 Å². The van der Waals surface area contributed by atoms with Crippen LogP contribution in [-0.2, 0) is 14.1 Å². The highest BCUT2D eigenvalue weighted by Crippen LogP contribution is 2.11. The molecule has 0 amide bonds. The van der Waals surface area contributed by atoms with Crippen molar-refractivity contribution in [1.29, 1.82) is 0 Å². The number of nitrogens with one attached hydrogen (secondary N) is 3. The first-order valence-corrected chi connectivity index (χ1v) is 6.69. The molecule has 0 aliphatic rings. The fraction of sp³-hybridized carbons (Fsp3) is 0.167.